The summed E-state index contributed by atoms with van der Waals surface area (Å²) in [6.45, 7) is 0. The zero-order valence-electron chi connectivity index (χ0n) is 10.4. The summed E-state index contributed by atoms with van der Waals surface area (Å²) >= 11 is 0. The SMILES string of the molecule is O=C(Nc1cccnc1)c1ccc([N+](=O)[O-])cc1[N+](=O)[O-]. The lowest BCUT2D eigenvalue weighted by atomic mass is 10.1. The summed E-state index contributed by atoms with van der Waals surface area (Å²) in [6.07, 6.45) is 2.87. The number of nitro groups is 2. The van der Waals surface area contributed by atoms with E-state index in [1.54, 1.807) is 12.1 Å². The molecule has 1 N–H and O–H groups in total. The average molecular weight is 288 g/mol. The first kappa shape index (κ1) is 14.1. The van der Waals surface area contributed by atoms with Gasteiger partial charge in [-0.2, -0.15) is 0 Å². The maximum atomic E-state index is 12.0. The molecule has 2 aromatic rings. The van der Waals surface area contributed by atoms with Crippen molar-refractivity contribution in [3.05, 3.63) is 68.5 Å². The molecule has 0 bridgehead atoms. The van der Waals surface area contributed by atoms with Crippen LogP contribution in [0.2, 0.25) is 0 Å². The molecular weight excluding hydrogens is 280 g/mol. The van der Waals surface area contributed by atoms with E-state index in [9.17, 15) is 25.0 Å². The Bertz CT molecular complexity index is 717. The molecule has 0 aliphatic rings. The van der Waals surface area contributed by atoms with Gasteiger partial charge in [0.2, 0.25) is 0 Å². The number of benzene rings is 1. The van der Waals surface area contributed by atoms with Crippen molar-refractivity contribution in [3.63, 3.8) is 0 Å². The third-order valence-electron chi connectivity index (χ3n) is 2.55. The number of nitrogens with one attached hydrogen (secondary N) is 1. The van der Waals surface area contributed by atoms with Crippen molar-refractivity contribution >= 4 is 23.0 Å². The number of rotatable bonds is 4. The van der Waals surface area contributed by atoms with Gasteiger partial charge in [0.05, 0.1) is 27.8 Å². The van der Waals surface area contributed by atoms with Crippen LogP contribution in [0.25, 0.3) is 0 Å². The number of nitro benzene ring substituents is 2. The van der Waals surface area contributed by atoms with Crippen molar-refractivity contribution < 1.29 is 14.6 Å². The van der Waals surface area contributed by atoms with Gasteiger partial charge >= 0.3 is 0 Å². The van der Waals surface area contributed by atoms with Crippen LogP contribution < -0.4 is 5.32 Å². The van der Waals surface area contributed by atoms with Crippen LogP contribution in [-0.2, 0) is 0 Å². The van der Waals surface area contributed by atoms with Gasteiger partial charge < -0.3 is 5.32 Å². The van der Waals surface area contributed by atoms with Gasteiger partial charge in [-0.05, 0) is 18.2 Å². The second-order valence-corrected chi connectivity index (χ2v) is 3.91. The molecule has 0 saturated heterocycles. The standard InChI is InChI=1S/C12H8N4O5/c17-12(14-8-2-1-5-13-7-8)10-4-3-9(15(18)19)6-11(10)16(20)21/h1-7H,(H,14,17). The Labute approximate surface area is 117 Å². The van der Waals surface area contributed by atoms with Crippen LogP contribution in [0.3, 0.4) is 0 Å². The molecule has 1 heterocycles. The Kier molecular flexibility index (Phi) is 3.84. The van der Waals surface area contributed by atoms with Crippen LogP contribution in [0.4, 0.5) is 17.1 Å². The number of pyridine rings is 1. The summed E-state index contributed by atoms with van der Waals surface area (Å²) in [5.74, 6) is -0.746. The van der Waals surface area contributed by atoms with E-state index >= 15 is 0 Å². The molecule has 0 aliphatic heterocycles. The molecule has 1 aromatic carbocycles. The lowest BCUT2D eigenvalue weighted by Gasteiger charge is -2.05. The zero-order valence-corrected chi connectivity index (χ0v) is 10.4. The first-order valence-corrected chi connectivity index (χ1v) is 5.63. The summed E-state index contributed by atoms with van der Waals surface area (Å²) < 4.78 is 0. The van der Waals surface area contributed by atoms with Gasteiger partial charge in [0.15, 0.2) is 0 Å². The van der Waals surface area contributed by atoms with Crippen molar-refractivity contribution in [1.29, 1.82) is 0 Å². The van der Waals surface area contributed by atoms with Gasteiger partial charge in [-0.1, -0.05) is 0 Å². The Morgan fingerprint density at radius 1 is 1.14 bits per heavy atom. The van der Waals surface area contributed by atoms with E-state index in [1.807, 2.05) is 0 Å². The molecule has 9 heteroatoms. The summed E-state index contributed by atoms with van der Waals surface area (Å²) in [6, 6.07) is 5.97. The van der Waals surface area contributed by atoms with Crippen molar-refractivity contribution in [3.8, 4) is 0 Å². The monoisotopic (exact) mass is 288 g/mol. The minimum absolute atomic E-state index is 0.269. The maximum absolute atomic E-state index is 12.0. The van der Waals surface area contributed by atoms with Crippen molar-refractivity contribution in [1.82, 2.24) is 4.98 Å². The number of carbonyl (C=O) groups is 1. The van der Waals surface area contributed by atoms with Crippen LogP contribution in [0, 0.1) is 20.2 Å². The van der Waals surface area contributed by atoms with Crippen LogP contribution in [0.15, 0.2) is 42.7 Å². The van der Waals surface area contributed by atoms with Crippen LogP contribution in [0.1, 0.15) is 10.4 Å². The molecule has 1 amide bonds. The fraction of sp³-hybridized carbons (Fsp3) is 0. The lowest BCUT2D eigenvalue weighted by molar-refractivity contribution is -0.394. The van der Waals surface area contributed by atoms with E-state index < -0.39 is 27.1 Å². The van der Waals surface area contributed by atoms with E-state index in [0.29, 0.717) is 5.69 Å². The highest BCUT2D eigenvalue weighted by Gasteiger charge is 2.24. The van der Waals surface area contributed by atoms with Gasteiger partial charge in [-0.3, -0.25) is 30.0 Å². The Morgan fingerprint density at radius 3 is 2.48 bits per heavy atom. The van der Waals surface area contributed by atoms with Crippen molar-refractivity contribution in [2.45, 2.75) is 0 Å². The smallest absolute Gasteiger partial charge is 0.289 e. The molecule has 21 heavy (non-hydrogen) atoms. The number of amides is 1. The van der Waals surface area contributed by atoms with Crippen LogP contribution >= 0.6 is 0 Å². The third-order valence-corrected chi connectivity index (χ3v) is 2.55. The number of carbonyl (C=O) groups excluding carboxylic acids is 1. The highest BCUT2D eigenvalue weighted by atomic mass is 16.6. The number of hydrogen-bond donors (Lipinski definition) is 1. The zero-order chi connectivity index (χ0) is 15.4. The summed E-state index contributed by atoms with van der Waals surface area (Å²) in [5, 5.41) is 24.0. The van der Waals surface area contributed by atoms with E-state index in [0.717, 1.165) is 18.2 Å². The summed E-state index contributed by atoms with van der Waals surface area (Å²) in [7, 11) is 0. The van der Waals surface area contributed by atoms with E-state index in [2.05, 4.69) is 10.3 Å². The van der Waals surface area contributed by atoms with E-state index in [1.165, 1.54) is 12.4 Å². The summed E-state index contributed by atoms with van der Waals surface area (Å²) in [5.41, 5.74) is -1.00. The van der Waals surface area contributed by atoms with Gasteiger partial charge in [-0.15, -0.1) is 0 Å². The lowest BCUT2D eigenvalue weighted by Crippen LogP contribution is -2.14. The Morgan fingerprint density at radius 2 is 1.90 bits per heavy atom. The first-order chi connectivity index (χ1) is 9.99. The molecular formula is C12H8N4O5. The summed E-state index contributed by atoms with van der Waals surface area (Å²) in [4.78, 5) is 35.8. The minimum atomic E-state index is -0.842. The molecule has 0 atom stereocenters. The van der Waals surface area contributed by atoms with Crippen molar-refractivity contribution in [2.24, 2.45) is 0 Å². The van der Waals surface area contributed by atoms with E-state index in [-0.39, 0.29) is 5.56 Å². The Hall–Kier alpha value is -3.36. The topological polar surface area (TPSA) is 128 Å². The highest BCUT2D eigenvalue weighted by molar-refractivity contribution is 6.07. The van der Waals surface area contributed by atoms with Crippen molar-refractivity contribution in [2.75, 3.05) is 5.32 Å². The molecule has 0 radical (unpaired) electrons. The first-order valence-electron chi connectivity index (χ1n) is 5.63. The molecule has 2 rings (SSSR count). The second kappa shape index (κ2) is 5.74. The second-order valence-electron chi connectivity index (χ2n) is 3.91. The number of hydrogen-bond acceptors (Lipinski definition) is 6. The predicted octanol–water partition coefficient (Wildman–Crippen LogP) is 2.15. The molecule has 1 aromatic heterocycles. The highest BCUT2D eigenvalue weighted by Crippen LogP contribution is 2.25. The van der Waals surface area contributed by atoms with Crippen LogP contribution in [-0.4, -0.2) is 20.7 Å². The van der Waals surface area contributed by atoms with Gasteiger partial charge in [0.1, 0.15) is 5.56 Å². The molecule has 9 nitrogen and oxygen atoms in total. The quantitative estimate of drug-likeness (QED) is 0.677. The Balaban J connectivity index is 2.36. The fourth-order valence-electron chi connectivity index (χ4n) is 1.61. The third kappa shape index (κ3) is 3.15. The largest absolute Gasteiger partial charge is 0.320 e. The minimum Gasteiger partial charge on any atom is -0.320 e. The number of anilines is 1. The van der Waals surface area contributed by atoms with Gasteiger partial charge in [0, 0.05) is 12.3 Å². The molecule has 0 aliphatic carbocycles. The average Bonchev–Trinajstić information content (AvgIpc) is 2.47. The number of non-ortho nitro benzene ring substituents is 1. The molecule has 106 valence electrons. The van der Waals surface area contributed by atoms with Crippen LogP contribution in [0.5, 0.6) is 0 Å². The molecule has 0 unspecified atom stereocenters. The maximum Gasteiger partial charge on any atom is 0.289 e. The van der Waals surface area contributed by atoms with Gasteiger partial charge in [-0.25, -0.2) is 0 Å². The van der Waals surface area contributed by atoms with Gasteiger partial charge in [0.25, 0.3) is 17.3 Å². The normalized spacial score (nSPS) is 9.90. The molecule has 0 fully saturated rings. The predicted molar refractivity (Wildman–Crippen MR) is 71.9 cm³/mol. The van der Waals surface area contributed by atoms with E-state index in [4.69, 9.17) is 0 Å². The number of nitrogens with zero attached hydrogens (tertiary/aromatic N) is 3. The molecule has 0 spiro atoms. The fourth-order valence-corrected chi connectivity index (χ4v) is 1.61. The molecule has 0 saturated carbocycles. The number of aromatic nitrogens is 1.